The zero-order chi connectivity index (χ0) is 10.1. The van der Waals surface area contributed by atoms with Crippen LogP contribution in [0.4, 0.5) is 0 Å². The number of benzene rings is 1. The van der Waals surface area contributed by atoms with E-state index in [0.29, 0.717) is 5.56 Å². The van der Waals surface area contributed by atoms with Crippen molar-refractivity contribution in [3.63, 3.8) is 0 Å². The van der Waals surface area contributed by atoms with Gasteiger partial charge >= 0.3 is 0 Å². The van der Waals surface area contributed by atoms with Crippen molar-refractivity contribution >= 4 is 27.7 Å². The third kappa shape index (κ3) is 1.25. The highest BCUT2D eigenvalue weighted by Crippen LogP contribution is 2.28. The lowest BCUT2D eigenvalue weighted by Crippen LogP contribution is -1.96. The van der Waals surface area contributed by atoms with Gasteiger partial charge in [0, 0.05) is 15.6 Å². The Morgan fingerprint density at radius 1 is 1.57 bits per heavy atom. The largest absolute Gasteiger partial charge is 0.392 e. The van der Waals surface area contributed by atoms with E-state index in [1.54, 1.807) is 11.3 Å². The number of hydrogen-bond acceptors (Lipinski definition) is 3. The van der Waals surface area contributed by atoms with Gasteiger partial charge in [0.1, 0.15) is 0 Å². The van der Waals surface area contributed by atoms with E-state index in [0.717, 1.165) is 27.5 Å². The molecular formula is C11H10O2S. The van der Waals surface area contributed by atoms with E-state index in [1.807, 2.05) is 24.4 Å². The van der Waals surface area contributed by atoms with Crippen LogP contribution in [0.2, 0.25) is 0 Å². The minimum absolute atomic E-state index is 0.0777. The summed E-state index contributed by atoms with van der Waals surface area (Å²) in [6.45, 7) is 1.84. The van der Waals surface area contributed by atoms with Crippen molar-refractivity contribution in [2.24, 2.45) is 0 Å². The van der Waals surface area contributed by atoms with Crippen LogP contribution in [-0.2, 0) is 6.61 Å². The summed E-state index contributed by atoms with van der Waals surface area (Å²) in [5.74, 6) is 0. The smallest absolute Gasteiger partial charge is 0.151 e. The highest BCUT2D eigenvalue weighted by Gasteiger charge is 2.10. The molecule has 1 N–H and O–H groups in total. The summed E-state index contributed by atoms with van der Waals surface area (Å²) in [6.07, 6.45) is 0.827. The second-order valence-electron chi connectivity index (χ2n) is 3.19. The fourth-order valence-corrected chi connectivity index (χ4v) is 2.56. The Balaban J connectivity index is 2.88. The van der Waals surface area contributed by atoms with Gasteiger partial charge in [0.05, 0.1) is 6.61 Å². The molecule has 14 heavy (non-hydrogen) atoms. The molecule has 0 fully saturated rings. The van der Waals surface area contributed by atoms with E-state index in [9.17, 15) is 9.90 Å². The van der Waals surface area contributed by atoms with Gasteiger partial charge in [0.15, 0.2) is 6.29 Å². The summed E-state index contributed by atoms with van der Waals surface area (Å²) in [7, 11) is 0. The molecule has 0 amide bonds. The van der Waals surface area contributed by atoms with E-state index < -0.39 is 0 Å². The lowest BCUT2D eigenvalue weighted by atomic mass is 10.0. The molecule has 3 heteroatoms. The average Bonchev–Trinajstić information content (AvgIpc) is 2.62. The number of aliphatic hydroxyl groups is 1. The Morgan fingerprint density at radius 2 is 2.36 bits per heavy atom. The summed E-state index contributed by atoms with van der Waals surface area (Å²) >= 11 is 1.61. The molecule has 1 aromatic heterocycles. The van der Waals surface area contributed by atoms with Crippen LogP contribution in [0, 0.1) is 6.92 Å². The molecule has 1 heterocycles. The van der Waals surface area contributed by atoms with Gasteiger partial charge in [-0.2, -0.15) is 0 Å². The first-order valence-corrected chi connectivity index (χ1v) is 5.21. The number of thiophene rings is 1. The first-order chi connectivity index (χ1) is 6.77. The van der Waals surface area contributed by atoms with Gasteiger partial charge in [-0.15, -0.1) is 11.3 Å². The Kier molecular flexibility index (Phi) is 2.35. The molecule has 0 atom stereocenters. The van der Waals surface area contributed by atoms with E-state index in [1.165, 1.54) is 0 Å². The van der Waals surface area contributed by atoms with Gasteiger partial charge in [0.2, 0.25) is 0 Å². The van der Waals surface area contributed by atoms with Gasteiger partial charge < -0.3 is 5.11 Å². The van der Waals surface area contributed by atoms with Gasteiger partial charge in [0.25, 0.3) is 0 Å². The number of aldehydes is 1. The summed E-state index contributed by atoms with van der Waals surface area (Å²) in [5.41, 5.74) is 2.35. The topological polar surface area (TPSA) is 37.3 Å². The maximum Gasteiger partial charge on any atom is 0.151 e. The van der Waals surface area contributed by atoms with E-state index in [4.69, 9.17) is 0 Å². The number of carbonyl (C=O) groups excluding carboxylic acids is 1. The second-order valence-corrected chi connectivity index (χ2v) is 4.14. The van der Waals surface area contributed by atoms with Crippen molar-refractivity contribution in [3.8, 4) is 0 Å². The number of hydrogen-bond donors (Lipinski definition) is 1. The number of aryl methyl sites for hydroxylation is 1. The van der Waals surface area contributed by atoms with Crippen molar-refractivity contribution in [1.29, 1.82) is 0 Å². The predicted molar refractivity (Wildman–Crippen MR) is 57.9 cm³/mol. The molecule has 0 aliphatic heterocycles. The second kappa shape index (κ2) is 3.52. The molecule has 2 nitrogen and oxygen atoms in total. The molecule has 0 radical (unpaired) electrons. The standard InChI is InChI=1S/C11H10O2S/c1-7-4-11-8(2-3-14-11)10(6-13)9(7)5-12/h2-4,6,12H,5H2,1H3. The van der Waals surface area contributed by atoms with Crippen LogP contribution in [0.1, 0.15) is 21.5 Å². The third-order valence-electron chi connectivity index (χ3n) is 2.41. The molecule has 0 unspecified atom stereocenters. The molecule has 2 rings (SSSR count). The van der Waals surface area contributed by atoms with Crippen molar-refractivity contribution in [2.75, 3.05) is 0 Å². The minimum atomic E-state index is -0.0777. The van der Waals surface area contributed by atoms with Crippen molar-refractivity contribution in [2.45, 2.75) is 13.5 Å². The summed E-state index contributed by atoms with van der Waals surface area (Å²) in [6, 6.07) is 3.93. The van der Waals surface area contributed by atoms with Crippen LogP contribution in [0.3, 0.4) is 0 Å². The van der Waals surface area contributed by atoms with Crippen molar-refractivity contribution in [3.05, 3.63) is 34.2 Å². The Bertz CT molecular complexity index is 485. The molecule has 0 aliphatic rings. The first kappa shape index (κ1) is 9.37. The molecule has 0 saturated carbocycles. The molecule has 0 spiro atoms. The van der Waals surface area contributed by atoms with Crippen LogP contribution in [0.25, 0.3) is 10.1 Å². The summed E-state index contributed by atoms with van der Waals surface area (Å²) < 4.78 is 1.10. The van der Waals surface area contributed by atoms with Gasteiger partial charge in [-0.1, -0.05) is 0 Å². The Hall–Kier alpha value is -1.19. The zero-order valence-electron chi connectivity index (χ0n) is 7.78. The first-order valence-electron chi connectivity index (χ1n) is 4.33. The molecule has 1 aromatic carbocycles. The van der Waals surface area contributed by atoms with Crippen molar-refractivity contribution in [1.82, 2.24) is 0 Å². The van der Waals surface area contributed by atoms with Crippen LogP contribution in [0.15, 0.2) is 17.5 Å². The van der Waals surface area contributed by atoms with E-state index >= 15 is 0 Å². The Labute approximate surface area is 85.8 Å². The normalized spacial score (nSPS) is 10.7. The molecule has 2 aromatic rings. The summed E-state index contributed by atoms with van der Waals surface area (Å²) in [5, 5.41) is 12.1. The molecular weight excluding hydrogens is 196 g/mol. The van der Waals surface area contributed by atoms with E-state index in [-0.39, 0.29) is 6.61 Å². The number of rotatable bonds is 2. The lowest BCUT2D eigenvalue weighted by molar-refractivity contribution is 0.112. The third-order valence-corrected chi connectivity index (χ3v) is 3.27. The fourth-order valence-electron chi connectivity index (χ4n) is 1.66. The molecule has 0 saturated heterocycles. The molecule has 0 aliphatic carbocycles. The summed E-state index contributed by atoms with van der Waals surface area (Å²) in [4.78, 5) is 10.9. The van der Waals surface area contributed by atoms with Crippen molar-refractivity contribution < 1.29 is 9.90 Å². The van der Waals surface area contributed by atoms with Gasteiger partial charge in [-0.3, -0.25) is 4.79 Å². The highest BCUT2D eigenvalue weighted by molar-refractivity contribution is 7.17. The van der Waals surface area contributed by atoms with Gasteiger partial charge in [-0.05, 0) is 35.6 Å². The van der Waals surface area contributed by atoms with Gasteiger partial charge in [-0.25, -0.2) is 0 Å². The minimum Gasteiger partial charge on any atom is -0.392 e. The SMILES string of the molecule is Cc1cc2sccc2c(C=O)c1CO. The highest BCUT2D eigenvalue weighted by atomic mass is 32.1. The maximum atomic E-state index is 10.9. The van der Waals surface area contributed by atoms with Crippen LogP contribution >= 0.6 is 11.3 Å². The average molecular weight is 206 g/mol. The van der Waals surface area contributed by atoms with E-state index in [2.05, 4.69) is 0 Å². The maximum absolute atomic E-state index is 10.9. The monoisotopic (exact) mass is 206 g/mol. The number of fused-ring (bicyclic) bond motifs is 1. The predicted octanol–water partition coefficient (Wildman–Crippen LogP) is 2.51. The fraction of sp³-hybridized carbons (Fsp3) is 0.182. The Morgan fingerprint density at radius 3 is 3.00 bits per heavy atom. The molecule has 72 valence electrons. The van der Waals surface area contributed by atoms with Crippen LogP contribution < -0.4 is 0 Å². The van der Waals surface area contributed by atoms with Crippen LogP contribution in [-0.4, -0.2) is 11.4 Å². The number of aliphatic hydroxyl groups excluding tert-OH is 1. The zero-order valence-corrected chi connectivity index (χ0v) is 8.60. The number of carbonyl (C=O) groups is 1. The lowest BCUT2D eigenvalue weighted by Gasteiger charge is -2.06. The van der Waals surface area contributed by atoms with Crippen LogP contribution in [0.5, 0.6) is 0 Å². The quantitative estimate of drug-likeness (QED) is 0.766. The molecule has 0 bridgehead atoms.